The van der Waals surface area contributed by atoms with Gasteiger partial charge in [0, 0.05) is 42.2 Å². The van der Waals surface area contributed by atoms with Gasteiger partial charge >= 0.3 is 0 Å². The predicted molar refractivity (Wildman–Crippen MR) is 113 cm³/mol. The van der Waals surface area contributed by atoms with Crippen LogP contribution in [0.1, 0.15) is 28.5 Å². The number of ether oxygens (including phenoxy) is 1. The molecule has 142 valence electrons. The third kappa shape index (κ3) is 3.01. The molecule has 0 unspecified atom stereocenters. The van der Waals surface area contributed by atoms with Crippen LogP contribution in [0.4, 0.5) is 0 Å². The Morgan fingerprint density at radius 2 is 1.82 bits per heavy atom. The Kier molecular flexibility index (Phi) is 4.78. The molecule has 1 amide bonds. The van der Waals surface area contributed by atoms with E-state index in [1.165, 1.54) is 0 Å². The lowest BCUT2D eigenvalue weighted by atomic mass is 10.0. The van der Waals surface area contributed by atoms with Gasteiger partial charge in [-0.05, 0) is 18.6 Å². The maximum absolute atomic E-state index is 13.6. The number of aromatic nitrogens is 1. The average molecular weight is 372 g/mol. The van der Waals surface area contributed by atoms with Crippen LogP contribution in [-0.4, -0.2) is 28.5 Å². The van der Waals surface area contributed by atoms with Crippen LogP contribution in [0.15, 0.2) is 73.0 Å². The standard InChI is InChI=1S/C24H24N2O2/c1-4-28-17(2)19-14-15-26(16-18-10-6-5-7-11-18)24(27)23-22(19)20-12-8-9-13-21(20)25(23)3/h5-14H,2,4,15-16H2,1,3H3. The summed E-state index contributed by atoms with van der Waals surface area (Å²) in [6.45, 7) is 7.69. The zero-order chi connectivity index (χ0) is 19.7. The fourth-order valence-corrected chi connectivity index (χ4v) is 3.90. The first-order valence-corrected chi connectivity index (χ1v) is 9.55. The van der Waals surface area contributed by atoms with Gasteiger partial charge in [0.2, 0.25) is 0 Å². The van der Waals surface area contributed by atoms with Crippen molar-refractivity contribution in [2.45, 2.75) is 13.5 Å². The van der Waals surface area contributed by atoms with Gasteiger partial charge in [-0.2, -0.15) is 0 Å². The summed E-state index contributed by atoms with van der Waals surface area (Å²) in [7, 11) is 1.95. The lowest BCUT2D eigenvalue weighted by molar-refractivity contribution is 0.0755. The van der Waals surface area contributed by atoms with Gasteiger partial charge in [-0.1, -0.05) is 61.2 Å². The summed E-state index contributed by atoms with van der Waals surface area (Å²) in [5, 5.41) is 1.04. The van der Waals surface area contributed by atoms with Crippen molar-refractivity contribution < 1.29 is 9.53 Å². The van der Waals surface area contributed by atoms with Crippen LogP contribution >= 0.6 is 0 Å². The maximum atomic E-state index is 13.6. The van der Waals surface area contributed by atoms with Gasteiger partial charge in [0.25, 0.3) is 5.91 Å². The molecular formula is C24H24N2O2. The molecule has 0 aliphatic carbocycles. The van der Waals surface area contributed by atoms with E-state index in [-0.39, 0.29) is 5.91 Å². The summed E-state index contributed by atoms with van der Waals surface area (Å²) in [6.07, 6.45) is 2.07. The summed E-state index contributed by atoms with van der Waals surface area (Å²) in [4.78, 5) is 15.4. The highest BCUT2D eigenvalue weighted by molar-refractivity contribution is 6.10. The van der Waals surface area contributed by atoms with Gasteiger partial charge in [-0.25, -0.2) is 0 Å². The molecule has 1 aliphatic heterocycles. The Hall–Kier alpha value is -3.27. The number of nitrogens with zero attached hydrogens (tertiary/aromatic N) is 2. The molecule has 0 fully saturated rings. The van der Waals surface area contributed by atoms with Crippen molar-refractivity contribution in [3.8, 4) is 0 Å². The number of rotatable bonds is 5. The van der Waals surface area contributed by atoms with E-state index in [0.717, 1.165) is 27.6 Å². The van der Waals surface area contributed by atoms with E-state index in [9.17, 15) is 4.79 Å². The largest absolute Gasteiger partial charge is 0.494 e. The summed E-state index contributed by atoms with van der Waals surface area (Å²) in [5.74, 6) is 0.627. The number of hydrogen-bond donors (Lipinski definition) is 0. The first kappa shape index (κ1) is 18.1. The SMILES string of the molecule is C=C(OCC)C1=CCN(Cc2ccccc2)C(=O)c2c1c1ccccc1n2C. The molecule has 3 aromatic rings. The van der Waals surface area contributed by atoms with Gasteiger partial charge in [0.15, 0.2) is 0 Å². The number of aryl methyl sites for hydroxylation is 1. The molecular weight excluding hydrogens is 348 g/mol. The van der Waals surface area contributed by atoms with E-state index in [1.54, 1.807) is 0 Å². The molecule has 0 saturated carbocycles. The van der Waals surface area contributed by atoms with Crippen molar-refractivity contribution in [1.29, 1.82) is 0 Å². The van der Waals surface area contributed by atoms with E-state index in [1.807, 2.05) is 72.0 Å². The normalized spacial score (nSPS) is 13.9. The second-order valence-corrected chi connectivity index (χ2v) is 6.95. The molecule has 0 N–H and O–H groups in total. The third-order valence-corrected chi connectivity index (χ3v) is 5.22. The van der Waals surface area contributed by atoms with E-state index in [2.05, 4.69) is 18.7 Å². The molecule has 0 bridgehead atoms. The molecule has 4 heteroatoms. The Morgan fingerprint density at radius 3 is 2.57 bits per heavy atom. The predicted octanol–water partition coefficient (Wildman–Crippen LogP) is 4.77. The van der Waals surface area contributed by atoms with Crippen LogP contribution < -0.4 is 0 Å². The number of carbonyl (C=O) groups is 1. The Balaban J connectivity index is 1.88. The van der Waals surface area contributed by atoms with Crippen molar-refractivity contribution >= 4 is 22.4 Å². The van der Waals surface area contributed by atoms with Crippen LogP contribution in [-0.2, 0) is 18.3 Å². The van der Waals surface area contributed by atoms with Crippen molar-refractivity contribution in [2.24, 2.45) is 7.05 Å². The fraction of sp³-hybridized carbons (Fsp3) is 0.208. The lowest BCUT2D eigenvalue weighted by Crippen LogP contribution is -2.31. The lowest BCUT2D eigenvalue weighted by Gasteiger charge is -2.21. The summed E-state index contributed by atoms with van der Waals surface area (Å²) in [6, 6.07) is 18.2. The van der Waals surface area contributed by atoms with Crippen LogP contribution in [0.3, 0.4) is 0 Å². The number of allylic oxidation sites excluding steroid dienone is 1. The number of hydrogen-bond acceptors (Lipinski definition) is 2. The highest BCUT2D eigenvalue weighted by Crippen LogP contribution is 2.37. The second kappa shape index (κ2) is 7.39. The zero-order valence-electron chi connectivity index (χ0n) is 16.3. The smallest absolute Gasteiger partial charge is 0.271 e. The third-order valence-electron chi connectivity index (χ3n) is 5.22. The molecule has 1 aromatic heterocycles. The van der Waals surface area contributed by atoms with Gasteiger partial charge in [0.05, 0.1) is 6.61 Å². The summed E-state index contributed by atoms with van der Waals surface area (Å²) in [5.41, 5.74) is 4.63. The molecule has 0 atom stereocenters. The Labute approximate surface area is 165 Å². The Morgan fingerprint density at radius 1 is 1.11 bits per heavy atom. The quantitative estimate of drug-likeness (QED) is 0.605. The zero-order valence-corrected chi connectivity index (χ0v) is 16.3. The molecule has 4 rings (SSSR count). The van der Waals surface area contributed by atoms with Crippen LogP contribution in [0.2, 0.25) is 0 Å². The second-order valence-electron chi connectivity index (χ2n) is 6.95. The topological polar surface area (TPSA) is 34.5 Å². The average Bonchev–Trinajstić information content (AvgIpc) is 2.92. The van der Waals surface area contributed by atoms with Crippen molar-refractivity contribution in [3.63, 3.8) is 0 Å². The van der Waals surface area contributed by atoms with Crippen molar-refractivity contribution in [3.05, 3.63) is 89.8 Å². The molecule has 4 nitrogen and oxygen atoms in total. The molecule has 2 heterocycles. The first-order valence-electron chi connectivity index (χ1n) is 9.55. The van der Waals surface area contributed by atoms with E-state index in [0.29, 0.717) is 31.1 Å². The summed E-state index contributed by atoms with van der Waals surface area (Å²) < 4.78 is 7.73. The highest BCUT2D eigenvalue weighted by atomic mass is 16.5. The van der Waals surface area contributed by atoms with Crippen LogP contribution in [0, 0.1) is 0 Å². The van der Waals surface area contributed by atoms with Gasteiger partial charge in [0.1, 0.15) is 11.5 Å². The fourth-order valence-electron chi connectivity index (χ4n) is 3.90. The highest BCUT2D eigenvalue weighted by Gasteiger charge is 2.30. The molecule has 0 radical (unpaired) electrons. The van der Waals surface area contributed by atoms with Gasteiger partial charge < -0.3 is 14.2 Å². The van der Waals surface area contributed by atoms with E-state index in [4.69, 9.17) is 4.74 Å². The number of carbonyl (C=O) groups excluding carboxylic acids is 1. The molecule has 2 aromatic carbocycles. The minimum absolute atomic E-state index is 0.0214. The number of amides is 1. The van der Waals surface area contributed by atoms with E-state index < -0.39 is 0 Å². The van der Waals surface area contributed by atoms with Gasteiger partial charge in [-0.15, -0.1) is 0 Å². The first-order chi connectivity index (χ1) is 13.6. The molecule has 0 spiro atoms. The van der Waals surface area contributed by atoms with Crippen molar-refractivity contribution in [1.82, 2.24) is 9.47 Å². The van der Waals surface area contributed by atoms with Gasteiger partial charge in [-0.3, -0.25) is 4.79 Å². The number of benzene rings is 2. The minimum atomic E-state index is 0.0214. The molecule has 0 saturated heterocycles. The van der Waals surface area contributed by atoms with Crippen LogP contribution in [0.25, 0.3) is 16.5 Å². The number of para-hydroxylation sites is 1. The molecule has 1 aliphatic rings. The van der Waals surface area contributed by atoms with E-state index >= 15 is 0 Å². The minimum Gasteiger partial charge on any atom is -0.494 e. The molecule has 28 heavy (non-hydrogen) atoms. The maximum Gasteiger partial charge on any atom is 0.271 e. The monoisotopic (exact) mass is 372 g/mol. The summed E-state index contributed by atoms with van der Waals surface area (Å²) >= 11 is 0. The number of fused-ring (bicyclic) bond motifs is 3. The van der Waals surface area contributed by atoms with Crippen molar-refractivity contribution in [2.75, 3.05) is 13.2 Å². The van der Waals surface area contributed by atoms with Crippen LogP contribution in [0.5, 0.6) is 0 Å². The Bertz CT molecular complexity index is 1080.